The monoisotopic (exact) mass is 482 g/mol. The van der Waals surface area contributed by atoms with Crippen molar-refractivity contribution in [3.05, 3.63) is 88.8 Å². The average Bonchev–Trinajstić information content (AvgIpc) is 2.87. The van der Waals surface area contributed by atoms with Crippen LogP contribution in [0.4, 0.5) is 15.9 Å². The second-order valence-corrected chi connectivity index (χ2v) is 8.66. The molecule has 0 aliphatic carbocycles. The van der Waals surface area contributed by atoms with Gasteiger partial charge < -0.3 is 14.5 Å². The van der Waals surface area contributed by atoms with Crippen LogP contribution in [0.15, 0.2) is 66.9 Å². The fraction of sp³-hybridized carbons (Fsp3) is 0.308. The van der Waals surface area contributed by atoms with Crippen LogP contribution in [0, 0.1) is 5.82 Å². The first-order valence-electron chi connectivity index (χ1n) is 11.3. The molecule has 1 aromatic heterocycles. The molecule has 4 rings (SSSR count). The van der Waals surface area contributed by atoms with Gasteiger partial charge in [0.05, 0.1) is 13.2 Å². The van der Waals surface area contributed by atoms with Crippen LogP contribution in [0.25, 0.3) is 0 Å². The Morgan fingerprint density at radius 2 is 1.74 bits per heavy atom. The van der Waals surface area contributed by atoms with Gasteiger partial charge in [-0.3, -0.25) is 9.69 Å². The molecule has 34 heavy (non-hydrogen) atoms. The number of nitrogens with zero attached hydrogens (tertiary/aromatic N) is 4. The van der Waals surface area contributed by atoms with Crippen molar-refractivity contribution >= 4 is 29.0 Å². The summed E-state index contributed by atoms with van der Waals surface area (Å²) in [7, 11) is 1.72. The van der Waals surface area contributed by atoms with Crippen molar-refractivity contribution < 1.29 is 13.9 Å². The predicted molar refractivity (Wildman–Crippen MR) is 133 cm³/mol. The van der Waals surface area contributed by atoms with Gasteiger partial charge in [0.25, 0.3) is 5.91 Å². The molecule has 1 aliphatic rings. The molecule has 178 valence electrons. The average molecular weight is 483 g/mol. The Kier molecular flexibility index (Phi) is 8.11. The summed E-state index contributed by atoms with van der Waals surface area (Å²) in [6, 6.07) is 16.6. The van der Waals surface area contributed by atoms with Gasteiger partial charge in [0, 0.05) is 62.3 Å². The minimum Gasteiger partial charge on any atom is -0.383 e. The van der Waals surface area contributed by atoms with Crippen LogP contribution in [0.2, 0.25) is 5.02 Å². The number of hydrogen-bond acceptors (Lipinski definition) is 5. The van der Waals surface area contributed by atoms with Crippen molar-refractivity contribution in [1.29, 1.82) is 0 Å². The molecule has 0 saturated carbocycles. The molecule has 8 heteroatoms. The number of pyridine rings is 1. The number of benzene rings is 2. The normalized spacial score (nSPS) is 14.3. The van der Waals surface area contributed by atoms with E-state index >= 15 is 0 Å². The molecule has 0 spiro atoms. The third-order valence-electron chi connectivity index (χ3n) is 5.93. The van der Waals surface area contributed by atoms with E-state index in [1.807, 2.05) is 12.1 Å². The Balaban J connectivity index is 1.47. The number of hydrogen-bond donors (Lipinski definition) is 0. The minimum atomic E-state index is -0.351. The molecule has 2 aromatic carbocycles. The summed E-state index contributed by atoms with van der Waals surface area (Å²) in [6.07, 6.45) is 1.80. The topological polar surface area (TPSA) is 48.9 Å². The summed E-state index contributed by atoms with van der Waals surface area (Å²) in [6.45, 7) is 5.76. The zero-order valence-electron chi connectivity index (χ0n) is 19.2. The van der Waals surface area contributed by atoms with Crippen molar-refractivity contribution in [2.24, 2.45) is 0 Å². The van der Waals surface area contributed by atoms with Crippen LogP contribution in [-0.2, 0) is 11.3 Å². The molecule has 3 aromatic rings. The highest BCUT2D eigenvalue weighted by Crippen LogP contribution is 2.23. The number of carbonyl (C=O) groups excluding carboxylic acids is 1. The molecule has 0 radical (unpaired) electrons. The Morgan fingerprint density at radius 3 is 2.35 bits per heavy atom. The summed E-state index contributed by atoms with van der Waals surface area (Å²) in [4.78, 5) is 24.2. The summed E-state index contributed by atoms with van der Waals surface area (Å²) >= 11 is 5.98. The zero-order chi connectivity index (χ0) is 23.9. The highest BCUT2D eigenvalue weighted by molar-refractivity contribution is 6.30. The highest BCUT2D eigenvalue weighted by atomic mass is 35.5. The molecule has 1 fully saturated rings. The largest absolute Gasteiger partial charge is 0.383 e. The maximum absolute atomic E-state index is 13.5. The van der Waals surface area contributed by atoms with Gasteiger partial charge in [-0.25, -0.2) is 9.37 Å². The van der Waals surface area contributed by atoms with Gasteiger partial charge in [0.2, 0.25) is 0 Å². The van der Waals surface area contributed by atoms with Crippen LogP contribution in [0.5, 0.6) is 0 Å². The fourth-order valence-corrected chi connectivity index (χ4v) is 4.08. The molecule has 6 nitrogen and oxygen atoms in total. The predicted octanol–water partition coefficient (Wildman–Crippen LogP) is 4.49. The minimum absolute atomic E-state index is 0.195. The van der Waals surface area contributed by atoms with Crippen molar-refractivity contribution in [3.8, 4) is 0 Å². The van der Waals surface area contributed by atoms with Gasteiger partial charge in [-0.15, -0.1) is 0 Å². The summed E-state index contributed by atoms with van der Waals surface area (Å²) in [5.74, 6) is 0.378. The van der Waals surface area contributed by atoms with E-state index in [-0.39, 0.29) is 11.7 Å². The quantitative estimate of drug-likeness (QED) is 0.473. The lowest BCUT2D eigenvalue weighted by Gasteiger charge is -2.35. The van der Waals surface area contributed by atoms with E-state index in [1.54, 1.807) is 54.6 Å². The standard InChI is InChI=1S/C26H28ClFN4O2/c1-34-17-16-30-12-14-31(15-13-30)25-11-2-20(18-29-25)19-32(24-9-7-23(28)8-10-24)26(33)21-3-5-22(27)6-4-21/h2-11,18H,12-17,19H2,1H3. The Hall–Kier alpha value is -3.00. The summed E-state index contributed by atoms with van der Waals surface area (Å²) in [5, 5.41) is 0.559. The number of rotatable bonds is 8. The van der Waals surface area contributed by atoms with Crippen molar-refractivity contribution in [1.82, 2.24) is 9.88 Å². The molecular formula is C26H28ClFN4O2. The van der Waals surface area contributed by atoms with Crippen molar-refractivity contribution in [2.45, 2.75) is 6.54 Å². The van der Waals surface area contributed by atoms with Gasteiger partial charge in [-0.05, 0) is 60.2 Å². The van der Waals surface area contributed by atoms with Gasteiger partial charge in [-0.1, -0.05) is 17.7 Å². The lowest BCUT2D eigenvalue weighted by Crippen LogP contribution is -2.47. The van der Waals surface area contributed by atoms with E-state index in [4.69, 9.17) is 16.3 Å². The van der Waals surface area contributed by atoms with Crippen LogP contribution in [0.3, 0.4) is 0 Å². The summed E-state index contributed by atoms with van der Waals surface area (Å²) in [5.41, 5.74) is 2.00. The van der Waals surface area contributed by atoms with E-state index in [9.17, 15) is 9.18 Å². The molecule has 0 N–H and O–H groups in total. The van der Waals surface area contributed by atoms with E-state index < -0.39 is 0 Å². The highest BCUT2D eigenvalue weighted by Gasteiger charge is 2.20. The van der Waals surface area contributed by atoms with Gasteiger partial charge in [0.15, 0.2) is 0 Å². The number of piperazine rings is 1. The van der Waals surface area contributed by atoms with Crippen LogP contribution in [-0.4, -0.2) is 62.2 Å². The number of amides is 1. The molecule has 0 atom stereocenters. The first-order chi connectivity index (χ1) is 16.5. The van der Waals surface area contributed by atoms with Crippen LogP contribution >= 0.6 is 11.6 Å². The molecular weight excluding hydrogens is 455 g/mol. The van der Waals surface area contributed by atoms with Gasteiger partial charge in [-0.2, -0.15) is 0 Å². The lowest BCUT2D eigenvalue weighted by molar-refractivity contribution is 0.0985. The number of ether oxygens (including phenoxy) is 1. The second-order valence-electron chi connectivity index (χ2n) is 8.22. The summed E-state index contributed by atoms with van der Waals surface area (Å²) < 4.78 is 18.7. The van der Waals surface area contributed by atoms with E-state index in [1.165, 1.54) is 12.1 Å². The fourth-order valence-electron chi connectivity index (χ4n) is 3.95. The third-order valence-corrected chi connectivity index (χ3v) is 6.18. The van der Waals surface area contributed by atoms with Crippen LogP contribution in [0.1, 0.15) is 15.9 Å². The smallest absolute Gasteiger partial charge is 0.258 e. The number of methoxy groups -OCH3 is 1. The van der Waals surface area contributed by atoms with E-state index in [2.05, 4.69) is 14.8 Å². The number of aromatic nitrogens is 1. The maximum Gasteiger partial charge on any atom is 0.258 e. The molecule has 1 aliphatic heterocycles. The van der Waals surface area contributed by atoms with Crippen molar-refractivity contribution in [2.75, 3.05) is 56.2 Å². The zero-order valence-corrected chi connectivity index (χ0v) is 19.9. The SMILES string of the molecule is COCCN1CCN(c2ccc(CN(C(=O)c3ccc(Cl)cc3)c3ccc(F)cc3)cn2)CC1. The Bertz CT molecular complexity index is 1070. The van der Waals surface area contributed by atoms with Crippen molar-refractivity contribution in [3.63, 3.8) is 0 Å². The lowest BCUT2D eigenvalue weighted by atomic mass is 10.1. The van der Waals surface area contributed by atoms with E-state index in [0.717, 1.165) is 50.7 Å². The Labute approximate surface area is 204 Å². The molecule has 0 unspecified atom stereocenters. The number of carbonyl (C=O) groups is 1. The Morgan fingerprint density at radius 1 is 1.03 bits per heavy atom. The first kappa shape index (κ1) is 24.1. The molecule has 0 bridgehead atoms. The molecule has 1 amide bonds. The van der Waals surface area contributed by atoms with E-state index in [0.29, 0.717) is 22.8 Å². The van der Waals surface area contributed by atoms with Gasteiger partial charge >= 0.3 is 0 Å². The maximum atomic E-state index is 13.5. The van der Waals surface area contributed by atoms with Gasteiger partial charge in [0.1, 0.15) is 11.6 Å². The molecule has 2 heterocycles. The number of anilines is 2. The first-order valence-corrected chi connectivity index (χ1v) is 11.7. The third kappa shape index (κ3) is 6.11. The molecule has 1 saturated heterocycles. The second kappa shape index (κ2) is 11.4. The van der Waals surface area contributed by atoms with Crippen LogP contribution < -0.4 is 9.80 Å². The number of halogens is 2.